The molecule has 4 N–H and O–H groups in total. The molecular formula is C14H19N5O4S. The summed E-state index contributed by atoms with van der Waals surface area (Å²) in [6, 6.07) is 0. The third-order valence-electron chi connectivity index (χ3n) is 3.87. The van der Waals surface area contributed by atoms with Crippen molar-refractivity contribution in [2.24, 2.45) is 5.92 Å². The van der Waals surface area contributed by atoms with Crippen LogP contribution in [0.5, 0.6) is 0 Å². The van der Waals surface area contributed by atoms with Crippen LogP contribution in [-0.2, 0) is 14.3 Å². The molecule has 0 amide bonds. The fraction of sp³-hybridized carbons (Fsp3) is 0.571. The van der Waals surface area contributed by atoms with Crippen LogP contribution in [0.1, 0.15) is 26.5 Å². The number of anilines is 1. The fourth-order valence-electron chi connectivity index (χ4n) is 2.62. The number of hydrogen-bond acceptors (Lipinski definition) is 8. The predicted molar refractivity (Wildman–Crippen MR) is 87.5 cm³/mol. The number of carbonyl (C=O) groups excluding carboxylic acids is 1. The summed E-state index contributed by atoms with van der Waals surface area (Å²) in [4.78, 5) is 22.9. The van der Waals surface area contributed by atoms with Gasteiger partial charge in [0.1, 0.15) is 29.6 Å². The van der Waals surface area contributed by atoms with Gasteiger partial charge in [-0.2, -0.15) is 0 Å². The van der Waals surface area contributed by atoms with Crippen LogP contribution in [0.2, 0.25) is 0 Å². The number of esters is 1. The van der Waals surface area contributed by atoms with Gasteiger partial charge in [0.2, 0.25) is 0 Å². The predicted octanol–water partition coefficient (Wildman–Crippen LogP) is 0.919. The van der Waals surface area contributed by atoms with E-state index in [0.717, 1.165) is 0 Å². The van der Waals surface area contributed by atoms with E-state index >= 15 is 0 Å². The van der Waals surface area contributed by atoms with E-state index in [1.54, 1.807) is 24.7 Å². The topological polar surface area (TPSA) is 128 Å². The summed E-state index contributed by atoms with van der Waals surface area (Å²) in [6.07, 6.45) is 0.346. The van der Waals surface area contributed by atoms with Crippen molar-refractivity contribution in [3.63, 3.8) is 0 Å². The number of nitrogens with one attached hydrogen (secondary N) is 1. The van der Waals surface area contributed by atoms with E-state index in [1.165, 1.54) is 0 Å². The first kappa shape index (κ1) is 16.8. The summed E-state index contributed by atoms with van der Waals surface area (Å²) in [6.45, 7) is 3.25. The van der Waals surface area contributed by atoms with Crippen molar-refractivity contribution in [3.8, 4) is 0 Å². The maximum atomic E-state index is 11.8. The molecule has 0 spiro atoms. The van der Waals surface area contributed by atoms with Crippen molar-refractivity contribution in [1.29, 1.82) is 0 Å². The van der Waals surface area contributed by atoms with Crippen LogP contribution in [0.15, 0.2) is 6.33 Å². The number of imidazole rings is 1. The SMILES string of the molecule is CC(C)C(=O)O[C@H]1C[C@H](n2cnc3c(=S)nc(N)[nH]c32)O[C@@H]1CO. The monoisotopic (exact) mass is 353 g/mol. The number of aromatic nitrogens is 4. The largest absolute Gasteiger partial charge is 0.459 e. The van der Waals surface area contributed by atoms with Gasteiger partial charge in [0.25, 0.3) is 0 Å². The molecule has 24 heavy (non-hydrogen) atoms. The lowest BCUT2D eigenvalue weighted by Gasteiger charge is -2.17. The molecule has 9 nitrogen and oxygen atoms in total. The van der Waals surface area contributed by atoms with Gasteiger partial charge in [-0.1, -0.05) is 26.1 Å². The molecule has 2 aromatic heterocycles. The number of ether oxygens (including phenoxy) is 2. The quantitative estimate of drug-likeness (QED) is 0.547. The van der Waals surface area contributed by atoms with Crippen LogP contribution >= 0.6 is 12.2 Å². The highest BCUT2D eigenvalue weighted by molar-refractivity contribution is 7.71. The van der Waals surface area contributed by atoms with Gasteiger partial charge in [-0.05, 0) is 0 Å². The average Bonchev–Trinajstić information content (AvgIpc) is 3.10. The summed E-state index contributed by atoms with van der Waals surface area (Å²) >= 11 is 5.15. The number of aliphatic hydroxyl groups excluding tert-OH is 1. The summed E-state index contributed by atoms with van der Waals surface area (Å²) in [5.74, 6) is -0.403. The number of aromatic amines is 1. The summed E-state index contributed by atoms with van der Waals surface area (Å²) in [5.41, 5.74) is 6.79. The molecule has 0 unspecified atom stereocenters. The summed E-state index contributed by atoms with van der Waals surface area (Å²) in [5, 5.41) is 9.51. The molecule has 1 fully saturated rings. The Bertz CT molecular complexity index is 817. The van der Waals surface area contributed by atoms with E-state index in [-0.39, 0.29) is 24.4 Å². The van der Waals surface area contributed by atoms with Gasteiger partial charge < -0.3 is 25.3 Å². The van der Waals surface area contributed by atoms with Gasteiger partial charge in [0, 0.05) is 6.42 Å². The number of hydrogen-bond donors (Lipinski definition) is 3. The fourth-order valence-corrected chi connectivity index (χ4v) is 2.86. The highest BCUT2D eigenvalue weighted by Crippen LogP contribution is 2.33. The third-order valence-corrected chi connectivity index (χ3v) is 4.16. The Kier molecular flexibility index (Phi) is 4.52. The van der Waals surface area contributed by atoms with Gasteiger partial charge in [0.15, 0.2) is 10.6 Å². The van der Waals surface area contributed by atoms with Crippen molar-refractivity contribution < 1.29 is 19.4 Å². The van der Waals surface area contributed by atoms with Crippen molar-refractivity contribution in [2.45, 2.75) is 38.7 Å². The van der Waals surface area contributed by atoms with E-state index < -0.39 is 18.4 Å². The Labute approximate surface area is 142 Å². The lowest BCUT2D eigenvalue weighted by Crippen LogP contribution is -2.31. The van der Waals surface area contributed by atoms with Gasteiger partial charge >= 0.3 is 5.97 Å². The number of aliphatic hydroxyl groups is 1. The molecule has 1 saturated heterocycles. The Morgan fingerprint density at radius 1 is 1.67 bits per heavy atom. The first-order valence-electron chi connectivity index (χ1n) is 7.59. The van der Waals surface area contributed by atoms with Crippen LogP contribution in [0.4, 0.5) is 5.95 Å². The Morgan fingerprint density at radius 2 is 2.42 bits per heavy atom. The number of H-pyrrole nitrogens is 1. The second-order valence-corrected chi connectivity index (χ2v) is 6.34. The zero-order valence-corrected chi connectivity index (χ0v) is 14.1. The molecule has 0 aromatic carbocycles. The minimum absolute atomic E-state index is 0.175. The van der Waals surface area contributed by atoms with Crippen molar-refractivity contribution in [1.82, 2.24) is 19.5 Å². The molecule has 130 valence electrons. The minimum atomic E-state index is -0.600. The number of nitrogen functional groups attached to an aromatic ring is 1. The van der Waals surface area contributed by atoms with Gasteiger partial charge in [-0.3, -0.25) is 9.36 Å². The summed E-state index contributed by atoms with van der Waals surface area (Å²) < 4.78 is 13.3. The standard InChI is InChI=1S/C14H19N5O4S/c1-6(2)13(21)23-7-3-9(22-8(7)4-20)19-5-16-10-11(19)17-14(15)18-12(10)24/h5-9,20H,3-4H2,1-2H3,(H3,15,17,18,24)/t7-,8+,9+/m0/s1. The number of fused-ring (bicyclic) bond motifs is 1. The first-order chi connectivity index (χ1) is 11.4. The average molecular weight is 353 g/mol. The highest BCUT2D eigenvalue weighted by atomic mass is 32.1. The van der Waals surface area contributed by atoms with Crippen LogP contribution in [0, 0.1) is 10.6 Å². The first-order valence-corrected chi connectivity index (χ1v) is 8.00. The molecule has 0 aliphatic carbocycles. The zero-order valence-electron chi connectivity index (χ0n) is 13.3. The molecule has 3 atom stereocenters. The van der Waals surface area contributed by atoms with E-state index in [1.807, 2.05) is 0 Å². The molecule has 1 aliphatic rings. The number of rotatable bonds is 4. The molecule has 0 saturated carbocycles. The van der Waals surface area contributed by atoms with Gasteiger partial charge in [-0.15, -0.1) is 0 Å². The third kappa shape index (κ3) is 2.99. The Morgan fingerprint density at radius 3 is 3.08 bits per heavy atom. The molecule has 2 aromatic rings. The van der Waals surface area contributed by atoms with Gasteiger partial charge in [0.05, 0.1) is 18.9 Å². The number of nitrogens with two attached hydrogens (primary N) is 1. The maximum absolute atomic E-state index is 11.8. The molecule has 10 heteroatoms. The molecule has 3 heterocycles. The summed E-state index contributed by atoms with van der Waals surface area (Å²) in [7, 11) is 0. The second kappa shape index (κ2) is 6.46. The number of nitrogens with zero attached hydrogens (tertiary/aromatic N) is 3. The minimum Gasteiger partial charge on any atom is -0.459 e. The van der Waals surface area contributed by atoms with Gasteiger partial charge in [-0.25, -0.2) is 9.97 Å². The van der Waals surface area contributed by atoms with Crippen LogP contribution in [0.3, 0.4) is 0 Å². The van der Waals surface area contributed by atoms with Crippen LogP contribution in [-0.4, -0.2) is 49.4 Å². The van der Waals surface area contributed by atoms with Crippen LogP contribution in [0.25, 0.3) is 11.2 Å². The lowest BCUT2D eigenvalue weighted by atomic mass is 10.1. The van der Waals surface area contributed by atoms with E-state index in [4.69, 9.17) is 27.4 Å². The zero-order chi connectivity index (χ0) is 17.4. The lowest BCUT2D eigenvalue weighted by molar-refractivity contribution is -0.156. The van der Waals surface area contributed by atoms with Crippen molar-refractivity contribution in [3.05, 3.63) is 11.0 Å². The van der Waals surface area contributed by atoms with E-state index in [0.29, 0.717) is 22.2 Å². The normalized spacial score (nSPS) is 23.9. The Hall–Kier alpha value is -2.04. The Balaban J connectivity index is 1.88. The molecule has 1 aliphatic heterocycles. The molecule has 0 bridgehead atoms. The van der Waals surface area contributed by atoms with Crippen molar-refractivity contribution >= 4 is 35.3 Å². The molecular weight excluding hydrogens is 334 g/mol. The second-order valence-electron chi connectivity index (χ2n) is 5.95. The van der Waals surface area contributed by atoms with E-state index in [2.05, 4.69) is 15.0 Å². The molecule has 3 rings (SSSR count). The number of carbonyl (C=O) groups is 1. The van der Waals surface area contributed by atoms with E-state index in [9.17, 15) is 9.90 Å². The smallest absolute Gasteiger partial charge is 0.308 e. The van der Waals surface area contributed by atoms with Crippen molar-refractivity contribution in [2.75, 3.05) is 12.3 Å². The highest BCUT2D eigenvalue weighted by Gasteiger charge is 2.39. The van der Waals surface area contributed by atoms with Crippen LogP contribution < -0.4 is 5.73 Å². The maximum Gasteiger partial charge on any atom is 0.308 e. The molecule has 0 radical (unpaired) electrons.